The van der Waals surface area contributed by atoms with Crippen molar-refractivity contribution in [3.8, 4) is 0 Å². The Bertz CT molecular complexity index is 842. The highest BCUT2D eigenvalue weighted by molar-refractivity contribution is 9.10. The van der Waals surface area contributed by atoms with Gasteiger partial charge in [-0.2, -0.15) is 0 Å². The number of fused-ring (bicyclic) bond motifs is 1. The molecule has 0 saturated carbocycles. The molecule has 3 aromatic rings. The summed E-state index contributed by atoms with van der Waals surface area (Å²) in [6, 6.07) is 10.4. The predicted molar refractivity (Wildman–Crippen MR) is 85.3 cm³/mol. The van der Waals surface area contributed by atoms with Crippen molar-refractivity contribution in [1.82, 2.24) is 4.98 Å². The Balaban J connectivity index is 1.87. The van der Waals surface area contributed by atoms with Crippen LogP contribution in [-0.4, -0.2) is 10.9 Å². The van der Waals surface area contributed by atoms with Crippen molar-refractivity contribution in [3.63, 3.8) is 0 Å². The van der Waals surface area contributed by atoms with Crippen molar-refractivity contribution in [2.24, 2.45) is 0 Å². The SMILES string of the molecule is Cc1nc(NC(=O)c2cc3cc(N)ccc3o2)ccc1Br. The average molecular weight is 346 g/mol. The third kappa shape index (κ3) is 2.75. The molecule has 0 radical (unpaired) electrons. The van der Waals surface area contributed by atoms with E-state index in [4.69, 9.17) is 10.2 Å². The second kappa shape index (κ2) is 5.21. The first-order chi connectivity index (χ1) is 10.0. The first-order valence-electron chi connectivity index (χ1n) is 6.26. The summed E-state index contributed by atoms with van der Waals surface area (Å²) in [6.07, 6.45) is 0. The number of carbonyl (C=O) groups is 1. The van der Waals surface area contributed by atoms with Crippen molar-refractivity contribution < 1.29 is 9.21 Å². The number of anilines is 2. The van der Waals surface area contributed by atoms with E-state index in [2.05, 4.69) is 26.2 Å². The lowest BCUT2D eigenvalue weighted by Crippen LogP contribution is -2.12. The van der Waals surface area contributed by atoms with Gasteiger partial charge >= 0.3 is 0 Å². The highest BCUT2D eigenvalue weighted by Gasteiger charge is 2.13. The van der Waals surface area contributed by atoms with Gasteiger partial charge in [-0.05, 0) is 59.3 Å². The van der Waals surface area contributed by atoms with Gasteiger partial charge in [0.25, 0.3) is 5.91 Å². The number of halogens is 1. The third-order valence-corrected chi connectivity index (χ3v) is 3.87. The normalized spacial score (nSPS) is 10.8. The molecule has 2 heterocycles. The molecule has 3 rings (SSSR count). The molecule has 0 atom stereocenters. The molecule has 5 nitrogen and oxygen atoms in total. The Kier molecular flexibility index (Phi) is 3.39. The molecule has 0 saturated heterocycles. The summed E-state index contributed by atoms with van der Waals surface area (Å²) in [5.41, 5.74) is 7.75. The van der Waals surface area contributed by atoms with E-state index in [-0.39, 0.29) is 11.7 Å². The molecule has 3 N–H and O–H groups in total. The number of rotatable bonds is 2. The summed E-state index contributed by atoms with van der Waals surface area (Å²) in [5.74, 6) is 0.345. The average Bonchev–Trinajstić information content (AvgIpc) is 2.86. The Morgan fingerprint density at radius 1 is 1.29 bits per heavy atom. The highest BCUT2D eigenvalue weighted by atomic mass is 79.9. The summed E-state index contributed by atoms with van der Waals surface area (Å²) in [6.45, 7) is 1.85. The van der Waals surface area contributed by atoms with Crippen molar-refractivity contribution >= 4 is 44.3 Å². The zero-order valence-corrected chi connectivity index (χ0v) is 12.8. The minimum absolute atomic E-state index is 0.220. The number of aryl methyl sites for hydroxylation is 1. The van der Waals surface area contributed by atoms with Gasteiger partial charge in [0.05, 0.1) is 5.69 Å². The molecule has 106 valence electrons. The van der Waals surface area contributed by atoms with Crippen LogP contribution in [0, 0.1) is 6.92 Å². The number of pyridine rings is 1. The first kappa shape index (κ1) is 13.6. The van der Waals surface area contributed by atoms with Crippen LogP contribution in [0.1, 0.15) is 16.2 Å². The summed E-state index contributed by atoms with van der Waals surface area (Å²) in [4.78, 5) is 16.4. The smallest absolute Gasteiger partial charge is 0.292 e. The molecular weight excluding hydrogens is 334 g/mol. The van der Waals surface area contributed by atoms with Crippen LogP contribution in [-0.2, 0) is 0 Å². The number of amides is 1. The number of nitrogens with zero attached hydrogens (tertiary/aromatic N) is 1. The summed E-state index contributed by atoms with van der Waals surface area (Å²) in [5, 5.41) is 3.50. The standard InChI is InChI=1S/C15H12BrN3O2/c1-8-11(16)3-5-14(18-8)19-15(20)13-7-9-6-10(17)2-4-12(9)21-13/h2-7H,17H2,1H3,(H,18,19,20). The van der Waals surface area contributed by atoms with E-state index in [1.165, 1.54) is 0 Å². The van der Waals surface area contributed by atoms with Crippen LogP contribution >= 0.6 is 15.9 Å². The lowest BCUT2D eigenvalue weighted by atomic mass is 10.2. The molecule has 1 amide bonds. The molecule has 1 aromatic carbocycles. The number of nitrogen functional groups attached to an aromatic ring is 1. The number of furan rings is 1. The van der Waals surface area contributed by atoms with Gasteiger partial charge in [0.1, 0.15) is 11.4 Å². The maximum atomic E-state index is 12.2. The van der Waals surface area contributed by atoms with Crippen molar-refractivity contribution in [2.45, 2.75) is 6.92 Å². The number of nitrogens with two attached hydrogens (primary N) is 1. The quantitative estimate of drug-likeness (QED) is 0.693. The molecule has 21 heavy (non-hydrogen) atoms. The highest BCUT2D eigenvalue weighted by Crippen LogP contribution is 2.23. The number of hydrogen-bond acceptors (Lipinski definition) is 4. The number of benzene rings is 1. The Morgan fingerprint density at radius 3 is 2.86 bits per heavy atom. The molecule has 6 heteroatoms. The van der Waals surface area contributed by atoms with Gasteiger partial charge in [-0.3, -0.25) is 4.79 Å². The Labute approximate surface area is 129 Å². The zero-order chi connectivity index (χ0) is 15.0. The van der Waals surface area contributed by atoms with Gasteiger partial charge in [0.15, 0.2) is 5.76 Å². The molecule has 0 fully saturated rings. The number of carbonyl (C=O) groups excluding carboxylic acids is 1. The minimum Gasteiger partial charge on any atom is -0.451 e. The van der Waals surface area contributed by atoms with Crippen LogP contribution in [0.2, 0.25) is 0 Å². The van der Waals surface area contributed by atoms with E-state index in [1.807, 2.05) is 13.0 Å². The van der Waals surface area contributed by atoms with Gasteiger partial charge in [-0.15, -0.1) is 0 Å². The maximum Gasteiger partial charge on any atom is 0.292 e. The van der Waals surface area contributed by atoms with Crippen LogP contribution in [0.5, 0.6) is 0 Å². The van der Waals surface area contributed by atoms with Crippen LogP contribution in [0.15, 0.2) is 45.3 Å². The summed E-state index contributed by atoms with van der Waals surface area (Å²) in [7, 11) is 0. The van der Waals surface area contributed by atoms with Gasteiger partial charge in [-0.1, -0.05) is 0 Å². The lowest BCUT2D eigenvalue weighted by Gasteiger charge is -2.04. The summed E-state index contributed by atoms with van der Waals surface area (Å²) < 4.78 is 6.39. The Hall–Kier alpha value is -2.34. The van der Waals surface area contributed by atoms with Crippen LogP contribution < -0.4 is 11.1 Å². The molecular formula is C15H12BrN3O2. The van der Waals surface area contributed by atoms with Crippen molar-refractivity contribution in [3.05, 3.63) is 52.3 Å². The van der Waals surface area contributed by atoms with E-state index >= 15 is 0 Å². The maximum absolute atomic E-state index is 12.2. The van der Waals surface area contributed by atoms with Crippen LogP contribution in [0.25, 0.3) is 11.0 Å². The van der Waals surface area contributed by atoms with Crippen molar-refractivity contribution in [2.75, 3.05) is 11.1 Å². The fraction of sp³-hybridized carbons (Fsp3) is 0.0667. The van der Waals surface area contributed by atoms with E-state index < -0.39 is 0 Å². The fourth-order valence-electron chi connectivity index (χ4n) is 1.97. The number of hydrogen-bond donors (Lipinski definition) is 2. The molecule has 0 aliphatic rings. The minimum atomic E-state index is -0.348. The Morgan fingerprint density at radius 2 is 2.10 bits per heavy atom. The molecule has 0 unspecified atom stereocenters. The van der Waals surface area contributed by atoms with Crippen molar-refractivity contribution in [1.29, 1.82) is 0 Å². The van der Waals surface area contributed by atoms with Gasteiger partial charge in [0, 0.05) is 15.5 Å². The number of nitrogens with one attached hydrogen (secondary N) is 1. The lowest BCUT2D eigenvalue weighted by molar-refractivity contribution is 0.0998. The number of aromatic nitrogens is 1. The monoisotopic (exact) mass is 345 g/mol. The van der Waals surface area contributed by atoms with Gasteiger partial charge in [-0.25, -0.2) is 4.98 Å². The predicted octanol–water partition coefficient (Wildman–Crippen LogP) is 3.73. The molecule has 0 aliphatic heterocycles. The van der Waals surface area contributed by atoms with Gasteiger partial charge < -0.3 is 15.5 Å². The largest absolute Gasteiger partial charge is 0.451 e. The molecule has 2 aromatic heterocycles. The van der Waals surface area contributed by atoms with E-state index in [1.54, 1.807) is 30.3 Å². The van der Waals surface area contributed by atoms with Gasteiger partial charge in [0.2, 0.25) is 0 Å². The van der Waals surface area contributed by atoms with E-state index in [0.29, 0.717) is 17.1 Å². The fourth-order valence-corrected chi connectivity index (χ4v) is 2.19. The third-order valence-electron chi connectivity index (χ3n) is 3.03. The van der Waals surface area contributed by atoms with Crippen LogP contribution in [0.3, 0.4) is 0 Å². The first-order valence-corrected chi connectivity index (χ1v) is 7.06. The molecule has 0 spiro atoms. The molecule has 0 bridgehead atoms. The zero-order valence-electron chi connectivity index (χ0n) is 11.2. The molecule has 0 aliphatic carbocycles. The topological polar surface area (TPSA) is 81.2 Å². The van der Waals surface area contributed by atoms with E-state index in [0.717, 1.165) is 15.6 Å². The van der Waals surface area contributed by atoms with Crippen LogP contribution in [0.4, 0.5) is 11.5 Å². The van der Waals surface area contributed by atoms with E-state index in [9.17, 15) is 4.79 Å². The second-order valence-corrected chi connectivity index (χ2v) is 5.48. The second-order valence-electron chi connectivity index (χ2n) is 4.63. The summed E-state index contributed by atoms with van der Waals surface area (Å²) >= 11 is 3.36.